The minimum absolute atomic E-state index is 0.00272. The molecule has 0 spiro atoms. The molecular weight excluding hydrogens is 348 g/mol. The van der Waals surface area contributed by atoms with E-state index in [1.807, 2.05) is 6.07 Å². The molecule has 6 heteroatoms. The molecule has 144 valence electrons. The Morgan fingerprint density at radius 3 is 2.31 bits per heavy atom. The van der Waals surface area contributed by atoms with Crippen molar-refractivity contribution in [3.8, 4) is 0 Å². The standard InChI is InChI=1S/C20H30N2O3S/c23-20(21-17-10-4-1-2-5-11-17)16-18-12-8-9-15-22(18)26(24,25)19-13-6-3-7-14-19/h3,6-7,13-14,17-18H,1-2,4-5,8-12,15-16H2,(H,21,23). The molecule has 2 fully saturated rings. The number of benzene rings is 1. The smallest absolute Gasteiger partial charge is 0.243 e. The lowest BCUT2D eigenvalue weighted by Crippen LogP contribution is -2.47. The molecule has 0 aromatic heterocycles. The molecule has 0 bridgehead atoms. The van der Waals surface area contributed by atoms with Gasteiger partial charge in [-0.2, -0.15) is 4.31 Å². The van der Waals surface area contributed by atoms with Gasteiger partial charge in [0.15, 0.2) is 0 Å². The fourth-order valence-corrected chi connectivity index (χ4v) is 5.86. The molecule has 26 heavy (non-hydrogen) atoms. The fourth-order valence-electron chi connectivity index (χ4n) is 4.15. The van der Waals surface area contributed by atoms with E-state index in [1.54, 1.807) is 28.6 Å². The molecular formula is C20H30N2O3S. The van der Waals surface area contributed by atoms with Gasteiger partial charge in [0.05, 0.1) is 4.90 Å². The summed E-state index contributed by atoms with van der Waals surface area (Å²) >= 11 is 0. The van der Waals surface area contributed by atoms with E-state index in [2.05, 4.69) is 5.32 Å². The first kappa shape index (κ1) is 19.4. The van der Waals surface area contributed by atoms with Crippen molar-refractivity contribution in [2.75, 3.05) is 6.54 Å². The van der Waals surface area contributed by atoms with Gasteiger partial charge < -0.3 is 5.32 Å². The first-order valence-corrected chi connectivity index (χ1v) is 11.4. The van der Waals surface area contributed by atoms with E-state index in [1.165, 1.54) is 25.7 Å². The highest BCUT2D eigenvalue weighted by atomic mass is 32.2. The van der Waals surface area contributed by atoms with Crippen molar-refractivity contribution in [3.63, 3.8) is 0 Å². The Labute approximate surface area is 157 Å². The van der Waals surface area contributed by atoms with Gasteiger partial charge in [0.25, 0.3) is 0 Å². The van der Waals surface area contributed by atoms with Crippen molar-refractivity contribution in [2.45, 2.75) is 81.2 Å². The molecule has 1 atom stereocenters. The van der Waals surface area contributed by atoms with Gasteiger partial charge in [-0.05, 0) is 37.8 Å². The first-order valence-electron chi connectivity index (χ1n) is 9.93. The number of amides is 1. The molecule has 3 rings (SSSR count). The summed E-state index contributed by atoms with van der Waals surface area (Å²) in [4.78, 5) is 12.9. The Kier molecular flexibility index (Phi) is 6.70. The Balaban J connectivity index is 1.66. The summed E-state index contributed by atoms with van der Waals surface area (Å²) in [7, 11) is -3.54. The summed E-state index contributed by atoms with van der Waals surface area (Å²) in [5.41, 5.74) is 0. The second kappa shape index (κ2) is 9.00. The van der Waals surface area contributed by atoms with Gasteiger partial charge in [0.2, 0.25) is 15.9 Å². The zero-order valence-electron chi connectivity index (χ0n) is 15.4. The molecule has 2 aliphatic rings. The Bertz CT molecular complexity index is 682. The predicted octanol–water partition coefficient (Wildman–Crippen LogP) is 3.46. The number of hydrogen-bond donors (Lipinski definition) is 1. The minimum atomic E-state index is -3.54. The van der Waals surface area contributed by atoms with Crippen LogP contribution in [0.1, 0.15) is 64.2 Å². The number of nitrogens with one attached hydrogen (secondary N) is 1. The van der Waals surface area contributed by atoms with Crippen LogP contribution in [0.2, 0.25) is 0 Å². The third-order valence-corrected chi connectivity index (χ3v) is 7.53. The maximum absolute atomic E-state index is 13.0. The number of carbonyl (C=O) groups is 1. The Morgan fingerprint density at radius 1 is 0.962 bits per heavy atom. The largest absolute Gasteiger partial charge is 0.353 e. The van der Waals surface area contributed by atoms with Crippen LogP contribution in [-0.2, 0) is 14.8 Å². The number of carbonyl (C=O) groups excluding carboxylic acids is 1. The van der Waals surface area contributed by atoms with E-state index in [-0.39, 0.29) is 24.4 Å². The summed E-state index contributed by atoms with van der Waals surface area (Å²) in [6.07, 6.45) is 9.77. The number of nitrogens with zero attached hydrogens (tertiary/aromatic N) is 1. The number of rotatable bonds is 5. The molecule has 1 amide bonds. The molecule has 1 saturated heterocycles. The van der Waals surface area contributed by atoms with E-state index in [4.69, 9.17) is 0 Å². The molecule has 1 aliphatic carbocycles. The van der Waals surface area contributed by atoms with E-state index in [0.717, 1.165) is 32.1 Å². The van der Waals surface area contributed by atoms with E-state index >= 15 is 0 Å². The number of piperidine rings is 1. The van der Waals surface area contributed by atoms with Crippen molar-refractivity contribution in [1.82, 2.24) is 9.62 Å². The van der Waals surface area contributed by atoms with Gasteiger partial charge in [-0.3, -0.25) is 4.79 Å². The third-order valence-electron chi connectivity index (χ3n) is 5.56. The number of sulfonamides is 1. The van der Waals surface area contributed by atoms with Crippen LogP contribution in [0.4, 0.5) is 0 Å². The van der Waals surface area contributed by atoms with Crippen LogP contribution in [0, 0.1) is 0 Å². The topological polar surface area (TPSA) is 66.5 Å². The maximum Gasteiger partial charge on any atom is 0.243 e. The normalized spacial score (nSPS) is 23.3. The fraction of sp³-hybridized carbons (Fsp3) is 0.650. The van der Waals surface area contributed by atoms with Crippen LogP contribution < -0.4 is 5.32 Å². The summed E-state index contributed by atoms with van der Waals surface area (Å²) in [6, 6.07) is 8.58. The molecule has 1 saturated carbocycles. The van der Waals surface area contributed by atoms with Gasteiger partial charge in [0.1, 0.15) is 0 Å². The van der Waals surface area contributed by atoms with Gasteiger partial charge in [-0.15, -0.1) is 0 Å². The lowest BCUT2D eigenvalue weighted by atomic mass is 10.0. The van der Waals surface area contributed by atoms with Crippen LogP contribution in [-0.4, -0.2) is 37.3 Å². The van der Waals surface area contributed by atoms with Gasteiger partial charge in [-0.25, -0.2) is 8.42 Å². The van der Waals surface area contributed by atoms with Crippen LogP contribution in [0.15, 0.2) is 35.2 Å². The van der Waals surface area contributed by atoms with Crippen molar-refractivity contribution in [2.24, 2.45) is 0 Å². The molecule has 1 N–H and O–H groups in total. The van der Waals surface area contributed by atoms with Gasteiger partial charge in [-0.1, -0.05) is 50.3 Å². The third kappa shape index (κ3) is 4.86. The van der Waals surface area contributed by atoms with Gasteiger partial charge in [0, 0.05) is 25.0 Å². The molecule has 1 aromatic carbocycles. The van der Waals surface area contributed by atoms with Crippen molar-refractivity contribution >= 4 is 15.9 Å². The quantitative estimate of drug-likeness (QED) is 0.798. The SMILES string of the molecule is O=C(CC1CCCCN1S(=O)(=O)c1ccccc1)NC1CCCCCC1. The summed E-state index contributed by atoms with van der Waals surface area (Å²) in [5, 5.41) is 3.16. The number of hydrogen-bond acceptors (Lipinski definition) is 3. The Hall–Kier alpha value is -1.40. The highest BCUT2D eigenvalue weighted by molar-refractivity contribution is 7.89. The summed E-state index contributed by atoms with van der Waals surface area (Å²) in [5.74, 6) is -0.00272. The first-order chi connectivity index (χ1) is 12.6. The van der Waals surface area contributed by atoms with Crippen LogP contribution >= 0.6 is 0 Å². The lowest BCUT2D eigenvalue weighted by Gasteiger charge is -2.34. The van der Waals surface area contributed by atoms with Crippen LogP contribution in [0.25, 0.3) is 0 Å². The van der Waals surface area contributed by atoms with E-state index in [0.29, 0.717) is 11.4 Å². The van der Waals surface area contributed by atoms with Crippen LogP contribution in [0.3, 0.4) is 0 Å². The zero-order chi connectivity index (χ0) is 18.4. The second-order valence-corrected chi connectivity index (χ2v) is 9.43. The lowest BCUT2D eigenvalue weighted by molar-refractivity contribution is -0.122. The van der Waals surface area contributed by atoms with E-state index < -0.39 is 10.0 Å². The predicted molar refractivity (Wildman–Crippen MR) is 102 cm³/mol. The summed E-state index contributed by atoms with van der Waals surface area (Å²) in [6.45, 7) is 0.499. The molecule has 1 aliphatic heterocycles. The van der Waals surface area contributed by atoms with Crippen molar-refractivity contribution in [1.29, 1.82) is 0 Å². The van der Waals surface area contributed by atoms with Gasteiger partial charge >= 0.3 is 0 Å². The molecule has 5 nitrogen and oxygen atoms in total. The molecule has 1 unspecified atom stereocenters. The highest BCUT2D eigenvalue weighted by Crippen LogP contribution is 2.27. The monoisotopic (exact) mass is 378 g/mol. The zero-order valence-corrected chi connectivity index (χ0v) is 16.2. The molecule has 1 heterocycles. The van der Waals surface area contributed by atoms with Crippen LogP contribution in [0.5, 0.6) is 0 Å². The summed E-state index contributed by atoms with van der Waals surface area (Å²) < 4.78 is 27.6. The maximum atomic E-state index is 13.0. The Morgan fingerprint density at radius 2 is 1.62 bits per heavy atom. The van der Waals surface area contributed by atoms with E-state index in [9.17, 15) is 13.2 Å². The van der Waals surface area contributed by atoms with Crippen molar-refractivity contribution in [3.05, 3.63) is 30.3 Å². The van der Waals surface area contributed by atoms with Crippen molar-refractivity contribution < 1.29 is 13.2 Å². The second-order valence-electron chi connectivity index (χ2n) is 7.54. The minimum Gasteiger partial charge on any atom is -0.353 e. The average Bonchev–Trinajstić information content (AvgIpc) is 2.91. The molecule has 0 radical (unpaired) electrons. The highest BCUT2D eigenvalue weighted by Gasteiger charge is 2.34. The average molecular weight is 379 g/mol. The molecule has 1 aromatic rings.